The van der Waals surface area contributed by atoms with Crippen LogP contribution in [-0.2, 0) is 16.0 Å². The Hall–Kier alpha value is -2.69. The lowest BCUT2D eigenvalue weighted by molar-refractivity contribution is -0.138. The lowest BCUT2D eigenvalue weighted by Crippen LogP contribution is -2.38. The summed E-state index contributed by atoms with van der Waals surface area (Å²) in [5.41, 5.74) is 4.52. The van der Waals surface area contributed by atoms with E-state index in [4.69, 9.17) is 14.2 Å². The average Bonchev–Trinajstić information content (AvgIpc) is 2.67. The van der Waals surface area contributed by atoms with Crippen molar-refractivity contribution in [3.05, 3.63) is 53.3 Å². The van der Waals surface area contributed by atoms with Gasteiger partial charge >= 0.3 is 5.97 Å². The minimum absolute atomic E-state index is 0.268. The van der Waals surface area contributed by atoms with Gasteiger partial charge in [0.05, 0.1) is 26.4 Å². The van der Waals surface area contributed by atoms with Crippen LogP contribution in [0, 0.1) is 0 Å². The average molecular weight is 369 g/mol. The zero-order chi connectivity index (χ0) is 19.6. The molecule has 0 N–H and O–H groups in total. The number of esters is 1. The molecule has 0 aliphatic carbocycles. The van der Waals surface area contributed by atoms with Crippen molar-refractivity contribution in [2.24, 2.45) is 0 Å². The number of ether oxygens (including phenoxy) is 3. The molecule has 1 unspecified atom stereocenters. The minimum Gasteiger partial charge on any atom is -0.493 e. The van der Waals surface area contributed by atoms with Crippen LogP contribution in [0.3, 0.4) is 0 Å². The number of rotatable bonds is 6. The number of carbonyl (C=O) groups excluding carboxylic acids is 1. The Morgan fingerprint density at radius 3 is 2.56 bits per heavy atom. The first kappa shape index (κ1) is 19.1. The van der Waals surface area contributed by atoms with Crippen LogP contribution in [0.15, 0.2) is 42.1 Å². The zero-order valence-corrected chi connectivity index (χ0v) is 16.5. The van der Waals surface area contributed by atoms with Crippen LogP contribution in [0.4, 0.5) is 0 Å². The Kier molecular flexibility index (Phi) is 5.59. The molecule has 5 nitrogen and oxygen atoms in total. The van der Waals surface area contributed by atoms with Crippen molar-refractivity contribution in [2.75, 3.05) is 20.8 Å². The molecule has 1 aromatic rings. The second-order valence-corrected chi connectivity index (χ2v) is 6.74. The number of hydrogen-bond acceptors (Lipinski definition) is 5. The second-order valence-electron chi connectivity index (χ2n) is 6.74. The highest BCUT2D eigenvalue weighted by Gasteiger charge is 2.33. The molecule has 0 saturated heterocycles. The maximum atomic E-state index is 12.3. The minimum atomic E-state index is -0.328. The standard InChI is InChI=1S/C22H27NO4/c1-6-8-16-10-15-11-20(25-4)21(26-5)12-17(15)19-9-14(3)18(13-23(16)19)22(24)27-7-2/h9,11-13,16H,3,6-8,10H2,1-2,4-5H3. The van der Waals surface area contributed by atoms with Gasteiger partial charge < -0.3 is 19.1 Å². The van der Waals surface area contributed by atoms with Crippen LogP contribution in [0.1, 0.15) is 37.8 Å². The van der Waals surface area contributed by atoms with Gasteiger partial charge in [-0.3, -0.25) is 0 Å². The summed E-state index contributed by atoms with van der Waals surface area (Å²) in [5.74, 6) is 1.10. The molecule has 0 saturated carbocycles. The molecule has 0 amide bonds. The number of carbonyl (C=O) groups is 1. The van der Waals surface area contributed by atoms with Crippen molar-refractivity contribution in [1.82, 2.24) is 4.90 Å². The first-order valence-corrected chi connectivity index (χ1v) is 9.37. The number of allylic oxidation sites excluding steroid dienone is 1. The number of fused-ring (bicyclic) bond motifs is 3. The zero-order valence-electron chi connectivity index (χ0n) is 16.5. The molecular weight excluding hydrogens is 342 g/mol. The van der Waals surface area contributed by atoms with E-state index in [-0.39, 0.29) is 12.0 Å². The molecule has 0 spiro atoms. The Balaban J connectivity index is 2.10. The summed E-state index contributed by atoms with van der Waals surface area (Å²) in [6.07, 6.45) is 6.82. The van der Waals surface area contributed by atoms with E-state index >= 15 is 0 Å². The number of methoxy groups -OCH3 is 2. The fourth-order valence-electron chi connectivity index (χ4n) is 3.78. The number of nitrogens with zero attached hydrogens (tertiary/aromatic N) is 1. The van der Waals surface area contributed by atoms with Gasteiger partial charge in [-0.25, -0.2) is 4.79 Å². The largest absolute Gasteiger partial charge is 0.493 e. The van der Waals surface area contributed by atoms with Crippen LogP contribution in [0.25, 0.3) is 5.70 Å². The summed E-state index contributed by atoms with van der Waals surface area (Å²) in [6, 6.07) is 4.33. The highest BCUT2D eigenvalue weighted by molar-refractivity contribution is 5.96. The van der Waals surface area contributed by atoms with Gasteiger partial charge in [-0.2, -0.15) is 0 Å². The Morgan fingerprint density at radius 1 is 1.22 bits per heavy atom. The van der Waals surface area contributed by atoms with E-state index in [1.165, 1.54) is 5.56 Å². The lowest BCUT2D eigenvalue weighted by atomic mass is 9.86. The third-order valence-electron chi connectivity index (χ3n) is 5.05. The van der Waals surface area contributed by atoms with Gasteiger partial charge in [0.1, 0.15) is 0 Å². The Bertz CT molecular complexity index is 822. The van der Waals surface area contributed by atoms with Crippen molar-refractivity contribution >= 4 is 11.7 Å². The molecule has 144 valence electrons. The van der Waals surface area contributed by atoms with Crippen LogP contribution in [0.2, 0.25) is 0 Å². The van der Waals surface area contributed by atoms with Crippen molar-refractivity contribution in [3.63, 3.8) is 0 Å². The van der Waals surface area contributed by atoms with Crippen LogP contribution < -0.4 is 9.47 Å². The summed E-state index contributed by atoms with van der Waals surface area (Å²) in [4.78, 5) is 14.5. The molecule has 0 fully saturated rings. The highest BCUT2D eigenvalue weighted by Crippen LogP contribution is 2.43. The molecular formula is C22H27NO4. The third kappa shape index (κ3) is 3.46. The van der Waals surface area contributed by atoms with E-state index in [0.29, 0.717) is 23.5 Å². The molecule has 1 atom stereocenters. The first-order valence-electron chi connectivity index (χ1n) is 9.37. The van der Waals surface area contributed by atoms with E-state index < -0.39 is 0 Å². The van der Waals surface area contributed by atoms with Crippen molar-refractivity contribution in [1.29, 1.82) is 0 Å². The summed E-state index contributed by atoms with van der Waals surface area (Å²) < 4.78 is 16.2. The van der Waals surface area contributed by atoms with E-state index in [2.05, 4.69) is 24.5 Å². The summed E-state index contributed by atoms with van der Waals surface area (Å²) >= 11 is 0. The molecule has 0 aromatic heterocycles. The molecule has 2 heterocycles. The lowest BCUT2D eigenvalue weighted by Gasteiger charge is -2.41. The molecule has 2 aliphatic heterocycles. The maximum Gasteiger partial charge on any atom is 0.340 e. The summed E-state index contributed by atoms with van der Waals surface area (Å²) in [7, 11) is 3.29. The number of benzene rings is 1. The Morgan fingerprint density at radius 2 is 1.93 bits per heavy atom. The van der Waals surface area contributed by atoms with Gasteiger partial charge in [-0.15, -0.1) is 0 Å². The van der Waals surface area contributed by atoms with Gasteiger partial charge in [0.25, 0.3) is 0 Å². The molecule has 3 rings (SSSR count). The molecule has 1 aromatic carbocycles. The quantitative estimate of drug-likeness (QED) is 0.707. The predicted octanol–water partition coefficient (Wildman–Crippen LogP) is 4.09. The first-order chi connectivity index (χ1) is 13.0. The summed E-state index contributed by atoms with van der Waals surface area (Å²) in [6.45, 7) is 8.41. The van der Waals surface area contributed by atoms with Gasteiger partial charge in [-0.05, 0) is 49.1 Å². The second kappa shape index (κ2) is 7.91. The number of hydrogen-bond donors (Lipinski definition) is 0. The fourth-order valence-corrected chi connectivity index (χ4v) is 3.78. The van der Waals surface area contributed by atoms with Crippen LogP contribution in [0.5, 0.6) is 11.5 Å². The fraction of sp³-hybridized carbons (Fsp3) is 0.409. The van der Waals surface area contributed by atoms with Crippen LogP contribution >= 0.6 is 0 Å². The highest BCUT2D eigenvalue weighted by atomic mass is 16.5. The van der Waals surface area contributed by atoms with Gasteiger partial charge in [-0.1, -0.05) is 19.9 Å². The predicted molar refractivity (Wildman–Crippen MR) is 106 cm³/mol. The van der Waals surface area contributed by atoms with Gasteiger partial charge in [0, 0.05) is 23.5 Å². The monoisotopic (exact) mass is 369 g/mol. The van der Waals surface area contributed by atoms with Gasteiger partial charge in [0.15, 0.2) is 11.5 Å². The molecule has 0 bridgehead atoms. The van der Waals surface area contributed by atoms with Gasteiger partial charge in [0.2, 0.25) is 0 Å². The van der Waals surface area contributed by atoms with E-state index in [1.54, 1.807) is 14.2 Å². The molecule has 5 heteroatoms. The van der Waals surface area contributed by atoms with E-state index in [0.717, 1.165) is 36.3 Å². The van der Waals surface area contributed by atoms with E-state index in [9.17, 15) is 4.79 Å². The molecule has 0 radical (unpaired) electrons. The van der Waals surface area contributed by atoms with Crippen molar-refractivity contribution < 1.29 is 19.0 Å². The van der Waals surface area contributed by atoms with Crippen molar-refractivity contribution in [3.8, 4) is 11.5 Å². The maximum absolute atomic E-state index is 12.3. The van der Waals surface area contributed by atoms with E-state index in [1.807, 2.05) is 25.3 Å². The van der Waals surface area contributed by atoms with Crippen molar-refractivity contribution in [2.45, 2.75) is 39.2 Å². The Labute approximate surface area is 160 Å². The normalized spacial score (nSPS) is 18.1. The SMILES string of the molecule is C=C1C=C2c3cc(OC)c(OC)cc3CC(CCC)N2C=C1C(=O)OCC. The smallest absolute Gasteiger partial charge is 0.340 e. The third-order valence-corrected chi connectivity index (χ3v) is 5.05. The topological polar surface area (TPSA) is 48.0 Å². The summed E-state index contributed by atoms with van der Waals surface area (Å²) in [5, 5.41) is 0. The molecule has 27 heavy (non-hydrogen) atoms. The molecule has 2 aliphatic rings. The van der Waals surface area contributed by atoms with Crippen LogP contribution in [-0.4, -0.2) is 37.7 Å².